The quantitative estimate of drug-likeness (QED) is 0.576. The molecule has 0 aromatic heterocycles. The number of hydrogen-bond acceptors (Lipinski definition) is 4. The third kappa shape index (κ3) is 1.43. The molecule has 104 valence electrons. The van der Waals surface area contributed by atoms with Crippen LogP contribution in [0.1, 0.15) is 12.5 Å². The molecule has 2 amide bonds. The molecule has 3 aliphatic heterocycles. The van der Waals surface area contributed by atoms with Gasteiger partial charge in [-0.3, -0.25) is 9.59 Å². The molecule has 3 heterocycles. The van der Waals surface area contributed by atoms with Gasteiger partial charge in [-0.2, -0.15) is 5.26 Å². The van der Waals surface area contributed by atoms with Crippen molar-refractivity contribution in [3.8, 4) is 6.07 Å². The Hall–Kier alpha value is -2.45. The van der Waals surface area contributed by atoms with Crippen molar-refractivity contribution in [2.24, 2.45) is 11.8 Å². The van der Waals surface area contributed by atoms with E-state index >= 15 is 0 Å². The second-order valence-electron chi connectivity index (χ2n) is 5.80. The summed E-state index contributed by atoms with van der Waals surface area (Å²) >= 11 is 0. The second kappa shape index (κ2) is 3.80. The van der Waals surface area contributed by atoms with Gasteiger partial charge in [-0.25, -0.2) is 4.90 Å². The summed E-state index contributed by atoms with van der Waals surface area (Å²) in [6.07, 6.45) is 3.45. The molecule has 0 N–H and O–H groups in total. The minimum atomic E-state index is -0.677. The molecular formula is C16H12N2O3. The number of nitrogens with zero attached hydrogens (tertiary/aromatic N) is 2. The van der Waals surface area contributed by atoms with Crippen LogP contribution in [0.2, 0.25) is 0 Å². The van der Waals surface area contributed by atoms with Crippen LogP contribution < -0.4 is 4.90 Å². The lowest BCUT2D eigenvalue weighted by atomic mass is 9.78. The maximum absolute atomic E-state index is 12.7. The standard InChI is InChI=1S/C16H12N2O3/c1-16-7-6-11(21-16)12-13(16)15(20)18(14(12)19)10-4-2-9(8-17)3-5-10/h2-7,11-13H,1H3/t11-,12+,13+,16-/m0/s1. The van der Waals surface area contributed by atoms with E-state index in [9.17, 15) is 9.59 Å². The molecule has 4 rings (SSSR count). The van der Waals surface area contributed by atoms with Gasteiger partial charge in [-0.05, 0) is 31.2 Å². The molecule has 0 radical (unpaired) electrons. The van der Waals surface area contributed by atoms with E-state index in [0.29, 0.717) is 11.3 Å². The van der Waals surface area contributed by atoms with Crippen molar-refractivity contribution >= 4 is 17.5 Å². The van der Waals surface area contributed by atoms with Crippen LogP contribution >= 0.6 is 0 Å². The predicted molar refractivity (Wildman–Crippen MR) is 73.0 cm³/mol. The number of rotatable bonds is 1. The average molecular weight is 280 g/mol. The number of carbonyl (C=O) groups is 2. The summed E-state index contributed by atoms with van der Waals surface area (Å²) in [5.74, 6) is -1.31. The van der Waals surface area contributed by atoms with Crippen LogP contribution in [0.25, 0.3) is 0 Å². The lowest BCUT2D eigenvalue weighted by Gasteiger charge is -2.24. The van der Waals surface area contributed by atoms with Crippen LogP contribution in [0.15, 0.2) is 36.4 Å². The van der Waals surface area contributed by atoms with Gasteiger partial charge in [0.25, 0.3) is 0 Å². The molecule has 2 fully saturated rings. The fraction of sp³-hybridized carbons (Fsp3) is 0.312. The number of benzene rings is 1. The molecule has 3 aliphatic rings. The minimum Gasteiger partial charge on any atom is -0.362 e. The zero-order valence-corrected chi connectivity index (χ0v) is 11.3. The van der Waals surface area contributed by atoms with Gasteiger partial charge in [0.1, 0.15) is 0 Å². The van der Waals surface area contributed by atoms with Gasteiger partial charge in [0.2, 0.25) is 11.8 Å². The molecule has 21 heavy (non-hydrogen) atoms. The molecule has 2 bridgehead atoms. The summed E-state index contributed by atoms with van der Waals surface area (Å²) in [4.78, 5) is 26.5. The van der Waals surface area contributed by atoms with E-state index in [1.54, 1.807) is 24.3 Å². The Kier molecular flexibility index (Phi) is 2.23. The summed E-state index contributed by atoms with van der Waals surface area (Å²) in [5.41, 5.74) is 0.333. The third-order valence-electron chi connectivity index (χ3n) is 4.58. The van der Waals surface area contributed by atoms with Crippen molar-refractivity contribution in [2.45, 2.75) is 18.6 Å². The van der Waals surface area contributed by atoms with Crippen molar-refractivity contribution in [3.63, 3.8) is 0 Å². The summed E-state index contributed by atoms with van der Waals surface area (Å²) in [6.45, 7) is 1.85. The number of ether oxygens (including phenoxy) is 1. The first-order valence-electron chi connectivity index (χ1n) is 6.80. The van der Waals surface area contributed by atoms with E-state index in [4.69, 9.17) is 10.00 Å². The van der Waals surface area contributed by atoms with Crippen LogP contribution in [0.3, 0.4) is 0 Å². The van der Waals surface area contributed by atoms with E-state index in [0.717, 1.165) is 0 Å². The average Bonchev–Trinajstić information content (AvgIpc) is 3.09. The van der Waals surface area contributed by atoms with Crippen molar-refractivity contribution in [1.29, 1.82) is 5.26 Å². The van der Waals surface area contributed by atoms with Crippen LogP contribution in [0.5, 0.6) is 0 Å². The monoisotopic (exact) mass is 280 g/mol. The number of imide groups is 1. The first-order chi connectivity index (χ1) is 10.0. The summed E-state index contributed by atoms with van der Waals surface area (Å²) in [7, 11) is 0. The zero-order valence-electron chi connectivity index (χ0n) is 11.3. The molecule has 5 heteroatoms. The highest BCUT2D eigenvalue weighted by atomic mass is 16.5. The molecule has 2 saturated heterocycles. The second-order valence-corrected chi connectivity index (χ2v) is 5.80. The van der Waals surface area contributed by atoms with E-state index in [1.165, 1.54) is 4.90 Å². The molecule has 1 aromatic rings. The highest BCUT2D eigenvalue weighted by Crippen LogP contribution is 2.52. The summed E-state index contributed by atoms with van der Waals surface area (Å²) in [5, 5.41) is 8.82. The number of fused-ring (bicyclic) bond motifs is 5. The molecule has 0 saturated carbocycles. The number of amides is 2. The fourth-order valence-electron chi connectivity index (χ4n) is 3.59. The van der Waals surface area contributed by atoms with Crippen molar-refractivity contribution in [1.82, 2.24) is 0 Å². The number of carbonyl (C=O) groups excluding carboxylic acids is 2. The largest absolute Gasteiger partial charge is 0.362 e. The SMILES string of the molecule is C[C@@]12C=C[C@H](O1)[C@H]1C(=O)N(c3ccc(C#N)cc3)C(=O)[C@@H]12. The Morgan fingerprint density at radius 2 is 1.95 bits per heavy atom. The molecule has 0 unspecified atom stereocenters. The van der Waals surface area contributed by atoms with Gasteiger partial charge in [-0.1, -0.05) is 12.2 Å². The Bertz CT molecular complexity index is 731. The van der Waals surface area contributed by atoms with Gasteiger partial charge in [0.15, 0.2) is 0 Å². The highest BCUT2D eigenvalue weighted by Gasteiger charge is 2.65. The van der Waals surface area contributed by atoms with Crippen LogP contribution in [-0.2, 0) is 14.3 Å². The van der Waals surface area contributed by atoms with Crippen molar-refractivity contribution in [3.05, 3.63) is 42.0 Å². The van der Waals surface area contributed by atoms with Crippen LogP contribution in [0.4, 0.5) is 5.69 Å². The number of hydrogen-bond donors (Lipinski definition) is 0. The Labute approximate surface area is 121 Å². The first-order valence-corrected chi connectivity index (χ1v) is 6.80. The molecular weight excluding hydrogens is 268 g/mol. The first kappa shape index (κ1) is 12.3. The number of nitriles is 1. The zero-order chi connectivity index (χ0) is 14.8. The van der Waals surface area contributed by atoms with E-state index < -0.39 is 17.4 Å². The summed E-state index contributed by atoms with van der Waals surface area (Å²) < 4.78 is 5.77. The van der Waals surface area contributed by atoms with Gasteiger partial charge in [0.05, 0.1) is 40.9 Å². The maximum atomic E-state index is 12.7. The summed E-state index contributed by atoms with van der Waals surface area (Å²) in [6, 6.07) is 8.50. The van der Waals surface area contributed by atoms with E-state index in [-0.39, 0.29) is 17.9 Å². The Morgan fingerprint density at radius 1 is 1.24 bits per heavy atom. The minimum absolute atomic E-state index is 0.215. The van der Waals surface area contributed by atoms with Gasteiger partial charge in [0, 0.05) is 0 Å². The number of anilines is 1. The molecule has 0 spiro atoms. The highest BCUT2D eigenvalue weighted by molar-refractivity contribution is 6.23. The normalized spacial score (nSPS) is 36.2. The Morgan fingerprint density at radius 3 is 2.57 bits per heavy atom. The maximum Gasteiger partial charge on any atom is 0.241 e. The molecule has 4 atom stereocenters. The van der Waals surface area contributed by atoms with E-state index in [1.807, 2.05) is 25.1 Å². The predicted octanol–water partition coefficient (Wildman–Crippen LogP) is 1.39. The van der Waals surface area contributed by atoms with E-state index in [2.05, 4.69) is 0 Å². The molecule has 1 aromatic carbocycles. The van der Waals surface area contributed by atoms with Crippen molar-refractivity contribution in [2.75, 3.05) is 4.90 Å². The van der Waals surface area contributed by atoms with Crippen LogP contribution in [0, 0.1) is 23.2 Å². The lowest BCUT2D eigenvalue weighted by Crippen LogP contribution is -2.38. The third-order valence-corrected chi connectivity index (χ3v) is 4.58. The lowest BCUT2D eigenvalue weighted by molar-refractivity contribution is -0.126. The van der Waals surface area contributed by atoms with Gasteiger partial charge >= 0.3 is 0 Å². The Balaban J connectivity index is 1.75. The van der Waals surface area contributed by atoms with Gasteiger partial charge < -0.3 is 4.74 Å². The topological polar surface area (TPSA) is 70.4 Å². The fourth-order valence-corrected chi connectivity index (χ4v) is 3.59. The van der Waals surface area contributed by atoms with Gasteiger partial charge in [-0.15, -0.1) is 0 Å². The smallest absolute Gasteiger partial charge is 0.241 e. The molecule has 5 nitrogen and oxygen atoms in total. The molecule has 0 aliphatic carbocycles. The van der Waals surface area contributed by atoms with Crippen molar-refractivity contribution < 1.29 is 14.3 Å². The van der Waals surface area contributed by atoms with Crippen LogP contribution in [-0.4, -0.2) is 23.5 Å².